The predicted molar refractivity (Wildman–Crippen MR) is 73.7 cm³/mol. The molecule has 0 saturated carbocycles. The van der Waals surface area contributed by atoms with E-state index in [1.165, 1.54) is 19.1 Å². The summed E-state index contributed by atoms with van der Waals surface area (Å²) in [4.78, 5) is 37.5. The summed E-state index contributed by atoms with van der Waals surface area (Å²) in [5, 5.41) is 10.6. The van der Waals surface area contributed by atoms with Gasteiger partial charge in [0.1, 0.15) is 0 Å². The van der Waals surface area contributed by atoms with Crippen molar-refractivity contribution in [3.05, 3.63) is 27.1 Å². The monoisotopic (exact) mass is 297 g/mol. The standard InChI is InChI=1S/C12H15N3O4S/c1-9(16)13-5-2-6-14(8-7-13)12(17)10-3-4-11(20-10)15(18)19/h3-4H,2,5-8H2,1H3. The zero-order chi connectivity index (χ0) is 14.7. The molecule has 108 valence electrons. The summed E-state index contributed by atoms with van der Waals surface area (Å²) >= 11 is 0.886. The lowest BCUT2D eigenvalue weighted by molar-refractivity contribution is -0.380. The number of nitrogens with zero attached hydrogens (tertiary/aromatic N) is 3. The fourth-order valence-electron chi connectivity index (χ4n) is 2.13. The largest absolute Gasteiger partial charge is 0.341 e. The van der Waals surface area contributed by atoms with Crippen LogP contribution in [0.15, 0.2) is 12.1 Å². The maximum Gasteiger partial charge on any atom is 0.324 e. The molecular weight excluding hydrogens is 282 g/mol. The number of hydrogen-bond acceptors (Lipinski definition) is 5. The molecule has 20 heavy (non-hydrogen) atoms. The third-order valence-electron chi connectivity index (χ3n) is 3.21. The average Bonchev–Trinajstić information content (AvgIpc) is 2.76. The second kappa shape index (κ2) is 6.00. The maximum atomic E-state index is 12.3. The van der Waals surface area contributed by atoms with Gasteiger partial charge in [0.25, 0.3) is 5.91 Å². The molecule has 1 aromatic rings. The number of thiophene rings is 1. The summed E-state index contributed by atoms with van der Waals surface area (Å²) in [6.07, 6.45) is 0.721. The highest BCUT2D eigenvalue weighted by molar-refractivity contribution is 7.17. The van der Waals surface area contributed by atoms with Crippen molar-refractivity contribution in [1.29, 1.82) is 0 Å². The van der Waals surface area contributed by atoms with Crippen LogP contribution in [0.5, 0.6) is 0 Å². The number of rotatable bonds is 2. The molecule has 0 bridgehead atoms. The minimum Gasteiger partial charge on any atom is -0.341 e. The van der Waals surface area contributed by atoms with Gasteiger partial charge < -0.3 is 9.80 Å². The van der Waals surface area contributed by atoms with Crippen molar-refractivity contribution in [1.82, 2.24) is 9.80 Å². The Morgan fingerprint density at radius 2 is 1.85 bits per heavy atom. The Bertz CT molecular complexity index is 543. The Labute approximate surface area is 119 Å². The van der Waals surface area contributed by atoms with Crippen molar-refractivity contribution in [2.24, 2.45) is 0 Å². The lowest BCUT2D eigenvalue weighted by atomic mass is 10.3. The smallest absolute Gasteiger partial charge is 0.324 e. The second-order valence-corrected chi connectivity index (χ2v) is 5.61. The van der Waals surface area contributed by atoms with Crippen LogP contribution in [-0.2, 0) is 4.79 Å². The molecule has 1 aliphatic heterocycles. The molecule has 1 saturated heterocycles. The van der Waals surface area contributed by atoms with E-state index in [0.717, 1.165) is 17.8 Å². The summed E-state index contributed by atoms with van der Waals surface area (Å²) in [6.45, 7) is 3.69. The molecular formula is C12H15N3O4S. The van der Waals surface area contributed by atoms with Crippen molar-refractivity contribution < 1.29 is 14.5 Å². The van der Waals surface area contributed by atoms with E-state index in [2.05, 4.69) is 0 Å². The van der Waals surface area contributed by atoms with E-state index in [9.17, 15) is 19.7 Å². The van der Waals surface area contributed by atoms with Gasteiger partial charge in [-0.3, -0.25) is 19.7 Å². The van der Waals surface area contributed by atoms with E-state index in [4.69, 9.17) is 0 Å². The molecule has 0 spiro atoms. The molecule has 2 amide bonds. The molecule has 0 unspecified atom stereocenters. The Balaban J connectivity index is 2.05. The van der Waals surface area contributed by atoms with Crippen LogP contribution in [0.2, 0.25) is 0 Å². The molecule has 1 aliphatic rings. The quantitative estimate of drug-likeness (QED) is 0.609. The van der Waals surface area contributed by atoms with Gasteiger partial charge in [-0.1, -0.05) is 11.3 Å². The minimum atomic E-state index is -0.499. The number of hydrogen-bond donors (Lipinski definition) is 0. The number of amides is 2. The van der Waals surface area contributed by atoms with Crippen LogP contribution < -0.4 is 0 Å². The number of nitro groups is 1. The summed E-state index contributed by atoms with van der Waals surface area (Å²) in [7, 11) is 0. The number of carbonyl (C=O) groups excluding carboxylic acids is 2. The average molecular weight is 297 g/mol. The van der Waals surface area contributed by atoms with Gasteiger partial charge in [0.15, 0.2) is 0 Å². The van der Waals surface area contributed by atoms with Gasteiger partial charge in [0.2, 0.25) is 5.91 Å². The molecule has 0 aromatic carbocycles. The molecule has 7 nitrogen and oxygen atoms in total. The van der Waals surface area contributed by atoms with E-state index in [0.29, 0.717) is 31.1 Å². The van der Waals surface area contributed by atoms with Gasteiger partial charge in [0, 0.05) is 39.2 Å². The van der Waals surface area contributed by atoms with Gasteiger partial charge in [-0.25, -0.2) is 0 Å². The summed E-state index contributed by atoms with van der Waals surface area (Å²) in [6, 6.07) is 2.83. The highest BCUT2D eigenvalue weighted by Gasteiger charge is 2.23. The third kappa shape index (κ3) is 3.13. The second-order valence-electron chi connectivity index (χ2n) is 4.55. The molecule has 2 rings (SSSR count). The zero-order valence-corrected chi connectivity index (χ0v) is 11.9. The lowest BCUT2D eigenvalue weighted by Crippen LogP contribution is -2.36. The van der Waals surface area contributed by atoms with Gasteiger partial charge in [-0.15, -0.1) is 0 Å². The van der Waals surface area contributed by atoms with Gasteiger partial charge in [-0.05, 0) is 12.5 Å². The first-order chi connectivity index (χ1) is 9.49. The van der Waals surface area contributed by atoms with Crippen LogP contribution in [0, 0.1) is 10.1 Å². The topological polar surface area (TPSA) is 83.8 Å². The van der Waals surface area contributed by atoms with Crippen LogP contribution in [-0.4, -0.2) is 52.7 Å². The van der Waals surface area contributed by atoms with Crippen molar-refractivity contribution in [3.8, 4) is 0 Å². The molecule has 2 heterocycles. The van der Waals surface area contributed by atoms with E-state index in [1.54, 1.807) is 9.80 Å². The number of carbonyl (C=O) groups is 2. The van der Waals surface area contributed by atoms with Gasteiger partial charge >= 0.3 is 5.00 Å². The molecule has 8 heteroatoms. The highest BCUT2D eigenvalue weighted by atomic mass is 32.1. The molecule has 0 radical (unpaired) electrons. The van der Waals surface area contributed by atoms with Crippen LogP contribution in [0.3, 0.4) is 0 Å². The maximum absolute atomic E-state index is 12.3. The Hall–Kier alpha value is -1.96. The van der Waals surface area contributed by atoms with Gasteiger partial charge in [-0.2, -0.15) is 0 Å². The van der Waals surface area contributed by atoms with Crippen LogP contribution in [0.4, 0.5) is 5.00 Å². The molecule has 0 N–H and O–H groups in total. The molecule has 1 aromatic heterocycles. The summed E-state index contributed by atoms with van der Waals surface area (Å²) < 4.78 is 0. The fourth-order valence-corrected chi connectivity index (χ4v) is 2.92. The van der Waals surface area contributed by atoms with E-state index < -0.39 is 4.92 Å². The van der Waals surface area contributed by atoms with Crippen LogP contribution >= 0.6 is 11.3 Å². The first-order valence-electron chi connectivity index (χ1n) is 6.28. The van der Waals surface area contributed by atoms with Crippen molar-refractivity contribution in [3.63, 3.8) is 0 Å². The van der Waals surface area contributed by atoms with Crippen molar-refractivity contribution in [2.75, 3.05) is 26.2 Å². The van der Waals surface area contributed by atoms with E-state index in [1.807, 2.05) is 0 Å². The van der Waals surface area contributed by atoms with E-state index >= 15 is 0 Å². The Morgan fingerprint density at radius 1 is 1.20 bits per heavy atom. The Morgan fingerprint density at radius 3 is 2.45 bits per heavy atom. The Kier molecular flexibility index (Phi) is 4.33. The summed E-state index contributed by atoms with van der Waals surface area (Å²) in [5.74, 6) is -0.195. The van der Waals surface area contributed by atoms with E-state index in [-0.39, 0.29) is 16.8 Å². The van der Waals surface area contributed by atoms with Gasteiger partial charge in [0.05, 0.1) is 9.80 Å². The first kappa shape index (κ1) is 14.4. The van der Waals surface area contributed by atoms with Crippen molar-refractivity contribution in [2.45, 2.75) is 13.3 Å². The zero-order valence-electron chi connectivity index (χ0n) is 11.1. The van der Waals surface area contributed by atoms with Crippen LogP contribution in [0.25, 0.3) is 0 Å². The summed E-state index contributed by atoms with van der Waals surface area (Å²) in [5.41, 5.74) is 0. The molecule has 1 fully saturated rings. The minimum absolute atomic E-state index is 0.00561. The van der Waals surface area contributed by atoms with Crippen molar-refractivity contribution >= 4 is 28.2 Å². The highest BCUT2D eigenvalue weighted by Crippen LogP contribution is 2.25. The third-order valence-corrected chi connectivity index (χ3v) is 4.24. The SMILES string of the molecule is CC(=O)N1CCCN(C(=O)c2ccc([N+](=O)[O-])s2)CC1. The molecule has 0 atom stereocenters. The fraction of sp³-hybridized carbons (Fsp3) is 0.500. The normalized spacial score (nSPS) is 15.8. The molecule has 0 aliphatic carbocycles. The first-order valence-corrected chi connectivity index (χ1v) is 7.09. The predicted octanol–water partition coefficient (Wildman–Crippen LogP) is 1.35. The lowest BCUT2D eigenvalue weighted by Gasteiger charge is -2.20. The van der Waals surface area contributed by atoms with Crippen LogP contribution in [0.1, 0.15) is 23.0 Å².